The first-order chi connectivity index (χ1) is 19.2. The summed E-state index contributed by atoms with van der Waals surface area (Å²) in [6.45, 7) is 6.49. The molecule has 0 unspecified atom stereocenters. The third-order valence-corrected chi connectivity index (χ3v) is 8.47. The van der Waals surface area contributed by atoms with Crippen molar-refractivity contribution in [2.75, 3.05) is 25.0 Å². The number of aliphatic hydroxyl groups is 1. The van der Waals surface area contributed by atoms with Crippen LogP contribution in [0.4, 0.5) is 23.8 Å². The fraction of sp³-hybridized carbons (Fsp3) is 0.556. The molecule has 1 saturated heterocycles. The van der Waals surface area contributed by atoms with Gasteiger partial charge in [-0.3, -0.25) is 9.69 Å². The Morgan fingerprint density at radius 2 is 1.88 bits per heavy atom. The molecule has 1 aromatic carbocycles. The Bertz CT molecular complexity index is 1400. The van der Waals surface area contributed by atoms with E-state index in [-0.39, 0.29) is 35.2 Å². The minimum absolute atomic E-state index is 0.00969. The van der Waals surface area contributed by atoms with E-state index in [0.29, 0.717) is 32.0 Å². The number of aromatic nitrogens is 3. The van der Waals surface area contributed by atoms with Crippen molar-refractivity contribution >= 4 is 40.0 Å². The highest BCUT2D eigenvalue weighted by atomic mass is 32.1. The molecule has 4 N–H and O–H groups in total. The number of alkyl halides is 3. The molecule has 3 aromatic rings. The van der Waals surface area contributed by atoms with Crippen LogP contribution >= 0.6 is 11.3 Å². The van der Waals surface area contributed by atoms with Gasteiger partial charge in [-0.15, -0.1) is 16.4 Å². The van der Waals surface area contributed by atoms with Crippen LogP contribution in [0.5, 0.6) is 0 Å². The summed E-state index contributed by atoms with van der Waals surface area (Å²) in [5, 5.41) is 26.4. The first kappa shape index (κ1) is 29.3. The lowest BCUT2D eigenvalue weighted by atomic mass is 9.81. The number of benzene rings is 1. The zero-order valence-electron chi connectivity index (χ0n) is 23.1. The van der Waals surface area contributed by atoms with Crippen molar-refractivity contribution < 1.29 is 27.9 Å². The van der Waals surface area contributed by atoms with E-state index in [2.05, 4.69) is 30.9 Å². The van der Waals surface area contributed by atoms with Gasteiger partial charge in [0.1, 0.15) is 10.6 Å². The van der Waals surface area contributed by atoms with Gasteiger partial charge in [0, 0.05) is 41.6 Å². The largest absolute Gasteiger partial charge is 0.416 e. The van der Waals surface area contributed by atoms with Crippen LogP contribution in [-0.4, -0.2) is 74.0 Å². The quantitative estimate of drug-likeness (QED) is 0.342. The zero-order valence-corrected chi connectivity index (χ0v) is 23.9. The Labute approximate surface area is 239 Å². The number of amides is 2. The first-order valence-corrected chi connectivity index (χ1v) is 14.4. The van der Waals surface area contributed by atoms with Gasteiger partial charge < -0.3 is 21.1 Å². The van der Waals surface area contributed by atoms with Crippen molar-refractivity contribution in [3.05, 3.63) is 40.3 Å². The average molecular weight is 594 g/mol. The summed E-state index contributed by atoms with van der Waals surface area (Å²) < 4.78 is 41.2. The molecule has 1 saturated carbocycles. The molecule has 1 aliphatic carbocycles. The predicted molar refractivity (Wildman–Crippen MR) is 149 cm³/mol. The topological polar surface area (TPSA) is 124 Å². The molecule has 1 aliphatic heterocycles. The van der Waals surface area contributed by atoms with E-state index in [1.165, 1.54) is 17.4 Å². The molecule has 222 valence electrons. The molecule has 14 heteroatoms. The Kier molecular flexibility index (Phi) is 7.76. The number of halogens is 3. The Hall–Kier alpha value is -3.23. The van der Waals surface area contributed by atoms with Crippen LogP contribution in [0, 0.1) is 0 Å². The van der Waals surface area contributed by atoms with Gasteiger partial charge in [0.15, 0.2) is 5.82 Å². The summed E-state index contributed by atoms with van der Waals surface area (Å²) in [4.78, 5) is 32.1. The van der Waals surface area contributed by atoms with Crippen LogP contribution in [0.25, 0.3) is 10.9 Å². The fourth-order valence-corrected chi connectivity index (χ4v) is 6.21. The fourth-order valence-electron chi connectivity index (χ4n) is 5.41. The number of nitrogens with one attached hydrogen (secondary N) is 3. The van der Waals surface area contributed by atoms with Crippen LogP contribution in [-0.2, 0) is 16.6 Å². The van der Waals surface area contributed by atoms with Crippen molar-refractivity contribution in [3.63, 3.8) is 0 Å². The van der Waals surface area contributed by atoms with Gasteiger partial charge in [0.2, 0.25) is 5.91 Å². The van der Waals surface area contributed by atoms with E-state index in [4.69, 9.17) is 0 Å². The van der Waals surface area contributed by atoms with Crippen LogP contribution in [0.1, 0.15) is 57.0 Å². The van der Waals surface area contributed by atoms with Crippen molar-refractivity contribution in [2.45, 2.75) is 75.9 Å². The Balaban J connectivity index is 1.17. The van der Waals surface area contributed by atoms with Crippen LogP contribution in [0.15, 0.2) is 29.8 Å². The molecule has 0 radical (unpaired) electrons. The SMILES string of the molecule is CC(C)(C)NC(=O)n1nc(NCC(=O)NC2CN([C@H]3CC[C@@](O)(c4nccs4)CC3)C2)c2cc(C(F)(F)F)ccc21. The second kappa shape index (κ2) is 10.9. The van der Waals surface area contributed by atoms with Crippen LogP contribution in [0.3, 0.4) is 0 Å². The number of likely N-dealkylation sites (tertiary alicyclic amines) is 1. The third-order valence-electron chi connectivity index (χ3n) is 7.50. The number of hydrogen-bond acceptors (Lipinski definition) is 8. The predicted octanol–water partition coefficient (Wildman–Crippen LogP) is 3.91. The highest BCUT2D eigenvalue weighted by molar-refractivity contribution is 7.09. The monoisotopic (exact) mass is 593 g/mol. The van der Waals surface area contributed by atoms with Gasteiger partial charge >= 0.3 is 12.2 Å². The molecule has 10 nitrogen and oxygen atoms in total. The van der Waals surface area contributed by atoms with E-state index < -0.39 is 28.9 Å². The zero-order chi connectivity index (χ0) is 29.6. The molecular weight excluding hydrogens is 559 g/mol. The number of hydrogen-bond donors (Lipinski definition) is 4. The lowest BCUT2D eigenvalue weighted by Crippen LogP contribution is -2.63. The second-order valence-electron chi connectivity index (χ2n) is 11.8. The number of anilines is 1. The molecule has 2 aromatic heterocycles. The van der Waals surface area contributed by atoms with Gasteiger partial charge in [0.05, 0.1) is 23.7 Å². The molecule has 2 aliphatic rings. The summed E-state index contributed by atoms with van der Waals surface area (Å²) in [6.07, 6.45) is 0.111. The van der Waals surface area contributed by atoms with E-state index >= 15 is 0 Å². The molecule has 41 heavy (non-hydrogen) atoms. The lowest BCUT2D eigenvalue weighted by Gasteiger charge is -2.47. The van der Waals surface area contributed by atoms with Gasteiger partial charge in [0.25, 0.3) is 0 Å². The van der Waals surface area contributed by atoms with Crippen molar-refractivity contribution in [1.82, 2.24) is 30.3 Å². The second-order valence-corrected chi connectivity index (χ2v) is 12.7. The first-order valence-electron chi connectivity index (χ1n) is 13.5. The summed E-state index contributed by atoms with van der Waals surface area (Å²) in [5.74, 6) is -0.319. The summed E-state index contributed by atoms with van der Waals surface area (Å²) in [5.41, 5.74) is -2.15. The van der Waals surface area contributed by atoms with Crippen LogP contribution in [0.2, 0.25) is 0 Å². The molecule has 0 spiro atoms. The molecular formula is C27H34F3N7O3S. The highest BCUT2D eigenvalue weighted by Crippen LogP contribution is 2.40. The Morgan fingerprint density at radius 1 is 1.17 bits per heavy atom. The Morgan fingerprint density at radius 3 is 2.49 bits per heavy atom. The third kappa shape index (κ3) is 6.49. The van der Waals surface area contributed by atoms with Crippen LogP contribution < -0.4 is 16.0 Å². The van der Waals surface area contributed by atoms with Crippen molar-refractivity contribution in [2.24, 2.45) is 0 Å². The molecule has 3 heterocycles. The highest BCUT2D eigenvalue weighted by Gasteiger charge is 2.41. The van der Waals surface area contributed by atoms with Gasteiger partial charge in [-0.05, 0) is 64.7 Å². The minimum Gasteiger partial charge on any atom is -0.383 e. The van der Waals surface area contributed by atoms with Gasteiger partial charge in [-0.2, -0.15) is 17.9 Å². The molecule has 0 atom stereocenters. The molecule has 5 rings (SSSR count). The number of carbonyl (C=O) groups is 2. The molecule has 2 amide bonds. The maximum Gasteiger partial charge on any atom is 0.416 e. The van der Waals surface area contributed by atoms with Crippen molar-refractivity contribution in [3.8, 4) is 0 Å². The minimum atomic E-state index is -4.58. The van der Waals surface area contributed by atoms with E-state index in [0.717, 1.165) is 34.7 Å². The standard InChI is InChI=1S/C27H34F3N7O3S/c1-25(2,3)34-24(39)37-20-5-4-16(27(28,29)30)12-19(20)22(35-37)32-13-21(38)33-17-14-36(15-17)18-6-8-26(40,9-7-18)23-31-10-11-41-23/h4-5,10-12,17-18,40H,6-9,13-15H2,1-3H3,(H,32,35)(H,33,38)(H,34,39)/t18-,26-. The number of thiazole rings is 1. The van der Waals surface area contributed by atoms with Gasteiger partial charge in [-0.1, -0.05) is 0 Å². The maximum atomic E-state index is 13.4. The average Bonchev–Trinajstić information content (AvgIpc) is 3.53. The summed E-state index contributed by atoms with van der Waals surface area (Å²) >= 11 is 1.47. The molecule has 0 bridgehead atoms. The normalized spacial score (nSPS) is 22.4. The van der Waals surface area contributed by atoms with Crippen molar-refractivity contribution in [1.29, 1.82) is 0 Å². The van der Waals surface area contributed by atoms with E-state index in [9.17, 15) is 27.9 Å². The summed E-state index contributed by atoms with van der Waals surface area (Å²) in [6, 6.07) is 2.71. The lowest BCUT2D eigenvalue weighted by molar-refractivity contribution is -0.137. The summed E-state index contributed by atoms with van der Waals surface area (Å²) in [7, 11) is 0. The molecule has 2 fully saturated rings. The maximum absolute atomic E-state index is 13.4. The smallest absolute Gasteiger partial charge is 0.383 e. The van der Waals surface area contributed by atoms with E-state index in [1.54, 1.807) is 27.0 Å². The number of nitrogens with zero attached hydrogens (tertiary/aromatic N) is 4. The number of rotatable bonds is 6. The van der Waals surface area contributed by atoms with Gasteiger partial charge in [-0.25, -0.2) is 9.78 Å². The number of carbonyl (C=O) groups excluding carboxylic acids is 2. The van der Waals surface area contributed by atoms with E-state index in [1.807, 2.05) is 5.38 Å². The number of fused-ring (bicyclic) bond motifs is 1.